The number of carbonyl (C=O) groups is 1. The first-order chi connectivity index (χ1) is 10.2. The number of rotatable bonds is 6. The lowest BCUT2D eigenvalue weighted by atomic mass is 10.0. The zero-order chi connectivity index (χ0) is 15.2. The Kier molecular flexibility index (Phi) is 5.34. The maximum Gasteiger partial charge on any atom is 0.226 e. The molecule has 3 heteroatoms. The van der Waals surface area contributed by atoms with Gasteiger partial charge in [-0.05, 0) is 37.3 Å². The molecule has 0 saturated carbocycles. The largest absolute Gasteiger partial charge is 0.330 e. The van der Waals surface area contributed by atoms with E-state index in [9.17, 15) is 4.79 Å². The number of hydrogen-bond donors (Lipinski definition) is 1. The van der Waals surface area contributed by atoms with Crippen LogP contribution in [0.2, 0.25) is 0 Å². The minimum Gasteiger partial charge on any atom is -0.330 e. The van der Waals surface area contributed by atoms with Crippen LogP contribution in [-0.2, 0) is 4.79 Å². The summed E-state index contributed by atoms with van der Waals surface area (Å²) in [7, 11) is 0. The van der Waals surface area contributed by atoms with E-state index in [2.05, 4.69) is 25.1 Å². The maximum absolute atomic E-state index is 12.5. The van der Waals surface area contributed by atoms with Crippen LogP contribution in [0.5, 0.6) is 0 Å². The lowest BCUT2D eigenvalue weighted by Crippen LogP contribution is -2.31. The van der Waals surface area contributed by atoms with Gasteiger partial charge in [-0.1, -0.05) is 43.3 Å². The van der Waals surface area contributed by atoms with E-state index < -0.39 is 0 Å². The molecule has 0 aliphatic rings. The standard InChI is InChI=1S/C18H24N2O/c1-3-20(18(21)12-11-14(2)13-19)17-10-6-8-15-7-4-5-9-16(15)17/h4-10,14H,3,11-13,19H2,1-2H3. The Morgan fingerprint density at radius 2 is 1.90 bits per heavy atom. The van der Waals surface area contributed by atoms with Crippen molar-refractivity contribution in [2.45, 2.75) is 26.7 Å². The Hall–Kier alpha value is -1.87. The van der Waals surface area contributed by atoms with Crippen molar-refractivity contribution in [1.29, 1.82) is 0 Å². The maximum atomic E-state index is 12.5. The van der Waals surface area contributed by atoms with Gasteiger partial charge in [-0.15, -0.1) is 0 Å². The molecule has 1 atom stereocenters. The molecule has 0 heterocycles. The van der Waals surface area contributed by atoms with Crippen LogP contribution in [0.1, 0.15) is 26.7 Å². The van der Waals surface area contributed by atoms with Crippen molar-refractivity contribution in [2.24, 2.45) is 11.7 Å². The number of nitrogens with zero attached hydrogens (tertiary/aromatic N) is 1. The summed E-state index contributed by atoms with van der Waals surface area (Å²) in [4.78, 5) is 14.4. The first-order valence-corrected chi connectivity index (χ1v) is 7.65. The van der Waals surface area contributed by atoms with Gasteiger partial charge in [0.1, 0.15) is 0 Å². The molecule has 0 spiro atoms. The molecule has 1 unspecified atom stereocenters. The molecule has 0 aliphatic carbocycles. The Morgan fingerprint density at radius 1 is 1.19 bits per heavy atom. The molecular weight excluding hydrogens is 260 g/mol. The molecule has 2 aromatic carbocycles. The van der Waals surface area contributed by atoms with Crippen LogP contribution >= 0.6 is 0 Å². The summed E-state index contributed by atoms with van der Waals surface area (Å²) in [6.07, 6.45) is 1.39. The monoisotopic (exact) mass is 284 g/mol. The lowest BCUT2D eigenvalue weighted by molar-refractivity contribution is -0.118. The third-order valence-electron chi connectivity index (χ3n) is 3.93. The molecule has 1 amide bonds. The van der Waals surface area contributed by atoms with Crippen molar-refractivity contribution in [3.8, 4) is 0 Å². The van der Waals surface area contributed by atoms with Crippen molar-refractivity contribution in [2.75, 3.05) is 18.0 Å². The van der Waals surface area contributed by atoms with Crippen molar-refractivity contribution in [3.05, 3.63) is 42.5 Å². The number of fused-ring (bicyclic) bond motifs is 1. The molecule has 3 nitrogen and oxygen atoms in total. The van der Waals surface area contributed by atoms with Crippen molar-refractivity contribution < 1.29 is 4.79 Å². The Balaban J connectivity index is 2.25. The van der Waals surface area contributed by atoms with E-state index in [0.29, 0.717) is 25.4 Å². The van der Waals surface area contributed by atoms with E-state index in [1.54, 1.807) is 0 Å². The fourth-order valence-corrected chi connectivity index (χ4v) is 2.55. The smallest absolute Gasteiger partial charge is 0.226 e. The third kappa shape index (κ3) is 3.61. The number of amides is 1. The zero-order valence-corrected chi connectivity index (χ0v) is 12.9. The first-order valence-electron chi connectivity index (χ1n) is 7.65. The second kappa shape index (κ2) is 7.23. The zero-order valence-electron chi connectivity index (χ0n) is 12.9. The molecule has 0 aliphatic heterocycles. The normalized spacial score (nSPS) is 12.3. The summed E-state index contributed by atoms with van der Waals surface area (Å²) < 4.78 is 0. The Bertz CT molecular complexity index is 604. The number of nitrogens with two attached hydrogens (primary N) is 1. The molecule has 0 bridgehead atoms. The Labute approximate surface area is 126 Å². The minimum atomic E-state index is 0.175. The summed E-state index contributed by atoms with van der Waals surface area (Å²) in [5.41, 5.74) is 6.63. The third-order valence-corrected chi connectivity index (χ3v) is 3.93. The van der Waals surface area contributed by atoms with E-state index in [4.69, 9.17) is 5.73 Å². The van der Waals surface area contributed by atoms with Crippen molar-refractivity contribution >= 4 is 22.4 Å². The molecule has 21 heavy (non-hydrogen) atoms. The molecule has 112 valence electrons. The highest BCUT2D eigenvalue weighted by Crippen LogP contribution is 2.27. The van der Waals surface area contributed by atoms with E-state index in [-0.39, 0.29) is 5.91 Å². The fraction of sp³-hybridized carbons (Fsp3) is 0.389. The SMILES string of the molecule is CCN(C(=O)CCC(C)CN)c1cccc2ccccc12. The summed E-state index contributed by atoms with van der Waals surface area (Å²) in [6.45, 7) is 5.42. The van der Waals surface area contributed by atoms with E-state index >= 15 is 0 Å². The summed E-state index contributed by atoms with van der Waals surface area (Å²) in [5, 5.41) is 2.29. The quantitative estimate of drug-likeness (QED) is 0.881. The molecule has 2 rings (SSSR count). The van der Waals surface area contributed by atoms with Gasteiger partial charge in [0.05, 0.1) is 5.69 Å². The highest BCUT2D eigenvalue weighted by molar-refractivity contribution is 6.03. The van der Waals surface area contributed by atoms with Gasteiger partial charge in [-0.25, -0.2) is 0 Å². The van der Waals surface area contributed by atoms with Gasteiger partial charge >= 0.3 is 0 Å². The Morgan fingerprint density at radius 3 is 2.62 bits per heavy atom. The highest BCUT2D eigenvalue weighted by Gasteiger charge is 2.16. The van der Waals surface area contributed by atoms with Crippen LogP contribution in [0.4, 0.5) is 5.69 Å². The van der Waals surface area contributed by atoms with Crippen LogP contribution < -0.4 is 10.6 Å². The first kappa shape index (κ1) is 15.5. The predicted octanol–water partition coefficient (Wildman–Crippen LogP) is 3.57. The molecule has 2 aromatic rings. The second-order valence-electron chi connectivity index (χ2n) is 5.52. The lowest BCUT2D eigenvalue weighted by Gasteiger charge is -2.23. The molecule has 0 radical (unpaired) electrons. The van der Waals surface area contributed by atoms with Crippen molar-refractivity contribution in [1.82, 2.24) is 0 Å². The van der Waals surface area contributed by atoms with Gasteiger partial charge in [0.2, 0.25) is 5.91 Å². The number of anilines is 1. The summed E-state index contributed by atoms with van der Waals surface area (Å²) in [5.74, 6) is 0.564. The number of benzene rings is 2. The van der Waals surface area contributed by atoms with Crippen LogP contribution in [-0.4, -0.2) is 19.0 Å². The van der Waals surface area contributed by atoms with E-state index in [0.717, 1.165) is 22.9 Å². The average molecular weight is 284 g/mol. The van der Waals surface area contributed by atoms with E-state index in [1.165, 1.54) is 0 Å². The van der Waals surface area contributed by atoms with Crippen LogP contribution in [0.25, 0.3) is 10.8 Å². The molecular formula is C18H24N2O. The average Bonchev–Trinajstić information content (AvgIpc) is 2.53. The highest BCUT2D eigenvalue weighted by atomic mass is 16.2. The summed E-state index contributed by atoms with van der Waals surface area (Å²) in [6, 6.07) is 14.3. The van der Waals surface area contributed by atoms with Gasteiger partial charge in [0, 0.05) is 18.4 Å². The van der Waals surface area contributed by atoms with E-state index in [1.807, 2.05) is 36.1 Å². The van der Waals surface area contributed by atoms with Gasteiger partial charge in [0.15, 0.2) is 0 Å². The predicted molar refractivity (Wildman–Crippen MR) is 89.4 cm³/mol. The molecule has 0 aromatic heterocycles. The molecule has 0 saturated heterocycles. The minimum absolute atomic E-state index is 0.175. The number of carbonyl (C=O) groups excluding carboxylic acids is 1. The van der Waals surface area contributed by atoms with Crippen LogP contribution in [0, 0.1) is 5.92 Å². The van der Waals surface area contributed by atoms with Gasteiger partial charge in [-0.3, -0.25) is 4.79 Å². The summed E-state index contributed by atoms with van der Waals surface area (Å²) >= 11 is 0. The topological polar surface area (TPSA) is 46.3 Å². The van der Waals surface area contributed by atoms with Crippen LogP contribution in [0.3, 0.4) is 0 Å². The van der Waals surface area contributed by atoms with Gasteiger partial charge in [-0.2, -0.15) is 0 Å². The second-order valence-corrected chi connectivity index (χ2v) is 5.52. The van der Waals surface area contributed by atoms with Gasteiger partial charge in [0.25, 0.3) is 0 Å². The fourth-order valence-electron chi connectivity index (χ4n) is 2.55. The van der Waals surface area contributed by atoms with Gasteiger partial charge < -0.3 is 10.6 Å². The van der Waals surface area contributed by atoms with Crippen molar-refractivity contribution in [3.63, 3.8) is 0 Å². The molecule has 0 fully saturated rings. The molecule has 2 N–H and O–H groups in total. The van der Waals surface area contributed by atoms with Crippen LogP contribution in [0.15, 0.2) is 42.5 Å². The number of hydrogen-bond acceptors (Lipinski definition) is 2.